The third-order valence-corrected chi connectivity index (χ3v) is 6.96. The van der Waals surface area contributed by atoms with E-state index in [1.165, 1.54) is 30.9 Å². The molecule has 4 rings (SSSR count). The van der Waals surface area contributed by atoms with Gasteiger partial charge in [0.2, 0.25) is 5.91 Å². The van der Waals surface area contributed by atoms with Crippen LogP contribution in [0.2, 0.25) is 5.02 Å². The monoisotopic (exact) mass is 585 g/mol. The Morgan fingerprint density at radius 3 is 2.68 bits per heavy atom. The van der Waals surface area contributed by atoms with Gasteiger partial charge >= 0.3 is 6.01 Å². The summed E-state index contributed by atoms with van der Waals surface area (Å²) < 4.78 is 38.6. The Morgan fingerprint density at radius 1 is 1.29 bits per heavy atom. The van der Waals surface area contributed by atoms with Gasteiger partial charge in [-0.3, -0.25) is 4.79 Å². The number of aromatic nitrogens is 5. The first-order chi connectivity index (χ1) is 19.6. The van der Waals surface area contributed by atoms with E-state index in [4.69, 9.17) is 16.3 Å². The molecule has 1 saturated heterocycles. The summed E-state index contributed by atoms with van der Waals surface area (Å²) in [5, 5.41) is 14.3. The third kappa shape index (κ3) is 6.07. The molecule has 216 valence electrons. The van der Waals surface area contributed by atoms with Crippen LogP contribution in [0.5, 0.6) is 6.01 Å². The molecular weight excluding hydrogens is 556 g/mol. The first-order valence-corrected chi connectivity index (χ1v) is 13.2. The van der Waals surface area contributed by atoms with Crippen molar-refractivity contribution in [3.63, 3.8) is 0 Å². The summed E-state index contributed by atoms with van der Waals surface area (Å²) in [4.78, 5) is 28.8. The van der Waals surface area contributed by atoms with Crippen molar-refractivity contribution in [2.75, 3.05) is 24.6 Å². The second-order valence-corrected chi connectivity index (χ2v) is 9.90. The molecule has 0 aliphatic carbocycles. The van der Waals surface area contributed by atoms with E-state index in [0.29, 0.717) is 25.5 Å². The van der Waals surface area contributed by atoms with E-state index >= 15 is 4.39 Å². The van der Waals surface area contributed by atoms with Crippen LogP contribution in [0.25, 0.3) is 16.5 Å². The summed E-state index contributed by atoms with van der Waals surface area (Å²) >= 11 is 6.53. The molecule has 0 saturated carbocycles. The fourth-order valence-electron chi connectivity index (χ4n) is 4.73. The number of benzene rings is 1. The van der Waals surface area contributed by atoms with Crippen LogP contribution in [0.3, 0.4) is 0 Å². The van der Waals surface area contributed by atoms with Crippen molar-refractivity contribution in [1.82, 2.24) is 29.6 Å². The van der Waals surface area contributed by atoms with E-state index < -0.39 is 28.5 Å². The number of fused-ring (bicyclic) bond motifs is 1. The summed E-state index contributed by atoms with van der Waals surface area (Å²) in [6.45, 7) is 13.5. The SMILES string of the molecule is C=CC(=O)N1C[C@H](C)N(c2nc(OCCn3cncn3)nc3c(F)c(/C(C(=C)O)=C(F)/C=C\C)c(Cl)cc23)C[C@H]1C. The lowest BCUT2D eigenvalue weighted by molar-refractivity contribution is -0.128. The molecule has 2 aromatic heterocycles. The van der Waals surface area contributed by atoms with Crippen molar-refractivity contribution >= 4 is 39.8 Å². The lowest BCUT2D eigenvalue weighted by atomic mass is 9.99. The minimum atomic E-state index is -0.983. The highest BCUT2D eigenvalue weighted by atomic mass is 35.5. The number of carbonyl (C=O) groups is 1. The molecule has 0 radical (unpaired) electrons. The number of aliphatic hydroxyl groups excluding tert-OH is 1. The van der Waals surface area contributed by atoms with Gasteiger partial charge < -0.3 is 19.6 Å². The maximum Gasteiger partial charge on any atom is 0.319 e. The van der Waals surface area contributed by atoms with Crippen molar-refractivity contribution in [2.45, 2.75) is 39.4 Å². The van der Waals surface area contributed by atoms with Crippen molar-refractivity contribution < 1.29 is 23.4 Å². The number of hydrogen-bond acceptors (Lipinski definition) is 8. The third-order valence-electron chi connectivity index (χ3n) is 6.67. The maximum atomic E-state index is 16.3. The lowest BCUT2D eigenvalue weighted by Crippen LogP contribution is -2.58. The summed E-state index contributed by atoms with van der Waals surface area (Å²) in [6, 6.07) is 0.832. The number of piperazine rings is 1. The Morgan fingerprint density at radius 2 is 2.05 bits per heavy atom. The van der Waals surface area contributed by atoms with Crippen LogP contribution in [0.4, 0.5) is 14.6 Å². The van der Waals surface area contributed by atoms with E-state index in [-0.39, 0.29) is 46.5 Å². The molecule has 1 amide bonds. The van der Waals surface area contributed by atoms with Gasteiger partial charge in [-0.25, -0.2) is 18.4 Å². The number of rotatable bonds is 9. The van der Waals surface area contributed by atoms with E-state index in [1.54, 1.807) is 16.5 Å². The maximum absolute atomic E-state index is 16.3. The first-order valence-electron chi connectivity index (χ1n) is 12.8. The largest absolute Gasteiger partial charge is 0.508 e. The smallest absolute Gasteiger partial charge is 0.319 e. The predicted molar refractivity (Wildman–Crippen MR) is 153 cm³/mol. The first kappa shape index (κ1) is 29.7. The van der Waals surface area contributed by atoms with Crippen molar-refractivity contribution in [1.29, 1.82) is 0 Å². The van der Waals surface area contributed by atoms with Gasteiger partial charge in [-0.05, 0) is 39.0 Å². The summed E-state index contributed by atoms with van der Waals surface area (Å²) in [7, 11) is 0. The topological polar surface area (TPSA) is 110 Å². The zero-order valence-electron chi connectivity index (χ0n) is 22.9. The molecule has 0 unspecified atom stereocenters. The number of ether oxygens (including phenoxy) is 1. The normalized spacial score (nSPS) is 18.1. The number of nitrogens with zero attached hydrogens (tertiary/aromatic N) is 7. The van der Waals surface area contributed by atoms with Gasteiger partial charge in [-0.15, -0.1) is 0 Å². The molecule has 1 aromatic carbocycles. The fraction of sp³-hybridized carbons (Fsp3) is 0.321. The standard InChI is InChI=1S/C28H30ClF2N7O3/c1-6-8-21(30)23(18(5)39)24-20(29)11-19-26(25(24)31)34-28(41-10-9-36-15-32-14-33-36)35-27(19)38-13-16(3)37(12-17(38)4)22(40)7-2/h6-8,11,14-17,39H,2,5,9-10,12-13H2,1,3-4H3/b8-6-,23-21-/t16-,17+/m1/s1. The van der Waals surface area contributed by atoms with Gasteiger partial charge in [0, 0.05) is 36.1 Å². The molecule has 3 aromatic rings. The van der Waals surface area contributed by atoms with Crippen LogP contribution in [0, 0.1) is 5.82 Å². The van der Waals surface area contributed by atoms with E-state index in [1.807, 2.05) is 18.7 Å². The Balaban J connectivity index is 1.88. The zero-order chi connectivity index (χ0) is 29.8. The van der Waals surface area contributed by atoms with Gasteiger partial charge in [0.05, 0.1) is 17.1 Å². The average molecular weight is 586 g/mol. The average Bonchev–Trinajstić information content (AvgIpc) is 3.45. The van der Waals surface area contributed by atoms with Gasteiger partial charge in [0.15, 0.2) is 5.82 Å². The highest BCUT2D eigenvalue weighted by molar-refractivity contribution is 6.33. The molecule has 41 heavy (non-hydrogen) atoms. The molecule has 10 nitrogen and oxygen atoms in total. The highest BCUT2D eigenvalue weighted by Crippen LogP contribution is 2.40. The molecule has 2 atom stereocenters. The minimum Gasteiger partial charge on any atom is -0.508 e. The Kier molecular flexibility index (Phi) is 9.01. The van der Waals surface area contributed by atoms with Crippen LogP contribution < -0.4 is 9.64 Å². The van der Waals surface area contributed by atoms with Gasteiger partial charge in [-0.1, -0.05) is 30.8 Å². The van der Waals surface area contributed by atoms with Crippen LogP contribution >= 0.6 is 11.6 Å². The number of hydrogen-bond donors (Lipinski definition) is 1. The van der Waals surface area contributed by atoms with Crippen LogP contribution in [0.1, 0.15) is 26.3 Å². The summed E-state index contributed by atoms with van der Waals surface area (Å²) in [5.41, 5.74) is -1.09. The minimum absolute atomic E-state index is 0.0957. The molecule has 1 aliphatic heterocycles. The lowest BCUT2D eigenvalue weighted by Gasteiger charge is -2.44. The Hall–Kier alpha value is -4.32. The van der Waals surface area contributed by atoms with E-state index in [0.717, 1.165) is 6.08 Å². The molecular formula is C28H30ClF2N7O3. The zero-order valence-corrected chi connectivity index (χ0v) is 23.6. The predicted octanol–water partition coefficient (Wildman–Crippen LogP) is 5.03. The van der Waals surface area contributed by atoms with Crippen LogP contribution in [-0.4, -0.2) is 72.4 Å². The Bertz CT molecular complexity index is 1540. The van der Waals surface area contributed by atoms with Gasteiger partial charge in [0.1, 0.15) is 42.2 Å². The molecule has 1 N–H and O–H groups in total. The second kappa shape index (κ2) is 12.5. The van der Waals surface area contributed by atoms with Gasteiger partial charge in [-0.2, -0.15) is 15.1 Å². The molecule has 0 bridgehead atoms. The number of aliphatic hydroxyl groups is 1. The summed E-state index contributed by atoms with van der Waals surface area (Å²) in [5.74, 6) is -2.48. The quantitative estimate of drug-likeness (QED) is 0.211. The number of carbonyl (C=O) groups excluding carboxylic acids is 1. The van der Waals surface area contributed by atoms with E-state index in [2.05, 4.69) is 33.2 Å². The highest BCUT2D eigenvalue weighted by Gasteiger charge is 2.34. The van der Waals surface area contributed by atoms with E-state index in [9.17, 15) is 14.3 Å². The van der Waals surface area contributed by atoms with Crippen LogP contribution in [0.15, 0.2) is 61.7 Å². The molecule has 3 heterocycles. The number of amides is 1. The second-order valence-electron chi connectivity index (χ2n) is 9.50. The molecule has 13 heteroatoms. The molecule has 1 fully saturated rings. The van der Waals surface area contributed by atoms with Crippen molar-refractivity contribution in [3.05, 3.63) is 78.1 Å². The van der Waals surface area contributed by atoms with Crippen molar-refractivity contribution in [2.24, 2.45) is 0 Å². The Labute approximate surface area is 240 Å². The van der Waals surface area contributed by atoms with Crippen LogP contribution in [-0.2, 0) is 11.3 Å². The fourth-order valence-corrected chi connectivity index (χ4v) is 5.02. The van der Waals surface area contributed by atoms with Gasteiger partial charge in [0.25, 0.3) is 0 Å². The summed E-state index contributed by atoms with van der Waals surface area (Å²) in [6.07, 6.45) is 6.63. The number of halogens is 3. The number of allylic oxidation sites excluding steroid dienone is 4. The number of anilines is 1. The molecule has 1 aliphatic rings. The molecule has 0 spiro atoms. The van der Waals surface area contributed by atoms with Crippen molar-refractivity contribution in [3.8, 4) is 6.01 Å².